The molecule has 1 amide bonds. The van der Waals surface area contributed by atoms with Crippen molar-refractivity contribution in [1.29, 1.82) is 0 Å². The molecule has 3 aromatic rings. The van der Waals surface area contributed by atoms with Crippen molar-refractivity contribution < 1.29 is 9.18 Å². The molecular weight excluding hydrogens is 365 g/mol. The zero-order valence-electron chi connectivity index (χ0n) is 16.0. The topological polar surface area (TPSA) is 54.9 Å². The molecule has 1 N–H and O–H groups in total. The number of carbonyl (C=O) groups is 1. The molecule has 0 spiro atoms. The Labute approximate surface area is 168 Å². The highest BCUT2D eigenvalue weighted by Gasteiger charge is 2.18. The number of benzene rings is 2. The van der Waals surface area contributed by atoms with Crippen molar-refractivity contribution >= 4 is 22.4 Å². The Bertz CT molecular complexity index is 1180. The number of amides is 1. The lowest BCUT2D eigenvalue weighted by molar-refractivity contribution is -0.115. The minimum atomic E-state index is -0.284. The van der Waals surface area contributed by atoms with Gasteiger partial charge in [-0.05, 0) is 65.5 Å². The van der Waals surface area contributed by atoms with E-state index in [1.807, 2.05) is 24.3 Å². The van der Waals surface area contributed by atoms with Crippen molar-refractivity contribution in [2.75, 3.05) is 0 Å². The number of allylic oxidation sites excluding steroid dienone is 4. The second kappa shape index (κ2) is 7.80. The van der Waals surface area contributed by atoms with Crippen molar-refractivity contribution in [1.82, 2.24) is 15.3 Å². The van der Waals surface area contributed by atoms with E-state index in [1.54, 1.807) is 12.3 Å². The van der Waals surface area contributed by atoms with Crippen LogP contribution >= 0.6 is 0 Å². The zero-order valence-corrected chi connectivity index (χ0v) is 16.0. The Morgan fingerprint density at radius 2 is 2.14 bits per heavy atom. The summed E-state index contributed by atoms with van der Waals surface area (Å²) in [6.07, 6.45) is 9.44. The van der Waals surface area contributed by atoms with Gasteiger partial charge in [-0.2, -0.15) is 0 Å². The van der Waals surface area contributed by atoms with E-state index in [-0.39, 0.29) is 17.6 Å². The minimum absolute atomic E-state index is 0.190. The smallest absolute Gasteiger partial charge is 0.247 e. The van der Waals surface area contributed by atoms with E-state index < -0.39 is 0 Å². The number of nitrogens with one attached hydrogen (secondary N) is 1. The van der Waals surface area contributed by atoms with Gasteiger partial charge in [-0.1, -0.05) is 31.7 Å². The van der Waals surface area contributed by atoms with Crippen LogP contribution in [0.4, 0.5) is 4.39 Å². The molecule has 1 aliphatic rings. The molecule has 1 aliphatic carbocycles. The van der Waals surface area contributed by atoms with Crippen LogP contribution in [0.25, 0.3) is 27.6 Å². The second-order valence-corrected chi connectivity index (χ2v) is 7.08. The van der Waals surface area contributed by atoms with Gasteiger partial charge in [0.25, 0.3) is 0 Å². The Kier molecular flexibility index (Phi) is 5.04. The third-order valence-corrected chi connectivity index (χ3v) is 5.06. The monoisotopic (exact) mass is 385 g/mol. The average molecular weight is 385 g/mol. The molecule has 0 radical (unpaired) electrons. The molecule has 1 aromatic heterocycles. The third kappa shape index (κ3) is 3.85. The van der Waals surface area contributed by atoms with Gasteiger partial charge in [-0.15, -0.1) is 0 Å². The van der Waals surface area contributed by atoms with Crippen LogP contribution in [-0.2, 0) is 4.79 Å². The lowest BCUT2D eigenvalue weighted by Gasteiger charge is -2.21. The number of hydrogen-bond acceptors (Lipinski definition) is 3. The first-order chi connectivity index (χ1) is 14.0. The number of rotatable bonds is 4. The highest BCUT2D eigenvalue weighted by Crippen LogP contribution is 2.34. The molecule has 1 unspecified atom stereocenters. The van der Waals surface area contributed by atoms with Gasteiger partial charge < -0.3 is 5.32 Å². The molecule has 0 saturated carbocycles. The highest BCUT2D eigenvalue weighted by molar-refractivity contribution is 5.97. The van der Waals surface area contributed by atoms with E-state index >= 15 is 0 Å². The van der Waals surface area contributed by atoms with Gasteiger partial charge in [0.2, 0.25) is 5.91 Å². The molecule has 0 saturated heterocycles. The maximum Gasteiger partial charge on any atom is 0.247 e. The van der Waals surface area contributed by atoms with Gasteiger partial charge >= 0.3 is 0 Å². The number of nitrogens with zero attached hydrogens (tertiary/aromatic N) is 2. The Morgan fingerprint density at radius 3 is 2.93 bits per heavy atom. The molecule has 1 atom stereocenters. The zero-order chi connectivity index (χ0) is 20.4. The SMILES string of the molecule is C=CC(=O)NC1=CC(c2cc(-c3cccc(F)c3)cc3cncnc23)=CCC1C. The molecule has 0 bridgehead atoms. The highest BCUT2D eigenvalue weighted by atomic mass is 19.1. The van der Waals surface area contributed by atoms with Crippen LogP contribution < -0.4 is 5.32 Å². The van der Waals surface area contributed by atoms with E-state index in [0.29, 0.717) is 0 Å². The fourth-order valence-electron chi connectivity index (χ4n) is 3.50. The second-order valence-electron chi connectivity index (χ2n) is 7.08. The maximum absolute atomic E-state index is 13.8. The fraction of sp³-hybridized carbons (Fsp3) is 0.125. The van der Waals surface area contributed by atoms with Crippen molar-refractivity contribution in [3.8, 4) is 11.1 Å². The first kappa shape index (κ1) is 18.7. The lowest BCUT2D eigenvalue weighted by Crippen LogP contribution is -2.25. The minimum Gasteiger partial charge on any atom is -0.326 e. The summed E-state index contributed by atoms with van der Waals surface area (Å²) in [6, 6.07) is 10.5. The van der Waals surface area contributed by atoms with Crippen LogP contribution in [0.15, 0.2) is 79.4 Å². The summed E-state index contributed by atoms with van der Waals surface area (Å²) in [5.74, 6) is -0.325. The first-order valence-corrected chi connectivity index (χ1v) is 9.40. The van der Waals surface area contributed by atoms with Gasteiger partial charge in [0, 0.05) is 22.8 Å². The van der Waals surface area contributed by atoms with Gasteiger partial charge in [0.15, 0.2) is 0 Å². The molecule has 144 valence electrons. The number of carbonyl (C=O) groups excluding carboxylic acids is 1. The summed E-state index contributed by atoms with van der Waals surface area (Å²) >= 11 is 0. The van der Waals surface area contributed by atoms with E-state index in [9.17, 15) is 9.18 Å². The van der Waals surface area contributed by atoms with Crippen molar-refractivity contribution in [3.05, 3.63) is 90.8 Å². The van der Waals surface area contributed by atoms with E-state index in [0.717, 1.165) is 45.3 Å². The van der Waals surface area contributed by atoms with Crippen LogP contribution in [0.1, 0.15) is 18.9 Å². The number of halogens is 1. The van der Waals surface area contributed by atoms with Crippen LogP contribution in [0, 0.1) is 11.7 Å². The Balaban J connectivity index is 1.86. The number of hydrogen-bond donors (Lipinski definition) is 1. The molecule has 5 heteroatoms. The molecule has 29 heavy (non-hydrogen) atoms. The summed E-state index contributed by atoms with van der Waals surface area (Å²) in [5.41, 5.74) is 5.19. The summed E-state index contributed by atoms with van der Waals surface area (Å²) in [7, 11) is 0. The Hall–Kier alpha value is -3.60. The van der Waals surface area contributed by atoms with Crippen LogP contribution in [0.2, 0.25) is 0 Å². The maximum atomic E-state index is 13.8. The van der Waals surface area contributed by atoms with Gasteiger partial charge in [0.05, 0.1) is 5.52 Å². The molecular formula is C24H20FN3O. The fourth-order valence-corrected chi connectivity index (χ4v) is 3.50. The number of aromatic nitrogens is 2. The van der Waals surface area contributed by atoms with Crippen molar-refractivity contribution in [3.63, 3.8) is 0 Å². The normalized spacial score (nSPS) is 16.1. The van der Waals surface area contributed by atoms with E-state index in [1.165, 1.54) is 24.5 Å². The van der Waals surface area contributed by atoms with Crippen LogP contribution in [-0.4, -0.2) is 15.9 Å². The molecule has 1 heterocycles. The lowest BCUT2D eigenvalue weighted by atomic mass is 9.89. The first-order valence-electron chi connectivity index (χ1n) is 9.40. The van der Waals surface area contributed by atoms with E-state index in [2.05, 4.69) is 34.9 Å². The van der Waals surface area contributed by atoms with Crippen molar-refractivity contribution in [2.45, 2.75) is 13.3 Å². The molecule has 2 aromatic carbocycles. The van der Waals surface area contributed by atoms with Crippen LogP contribution in [0.3, 0.4) is 0 Å². The third-order valence-electron chi connectivity index (χ3n) is 5.06. The van der Waals surface area contributed by atoms with Gasteiger partial charge in [0.1, 0.15) is 12.1 Å². The summed E-state index contributed by atoms with van der Waals surface area (Å²) in [6.45, 7) is 5.58. The average Bonchev–Trinajstić information content (AvgIpc) is 2.74. The predicted octanol–water partition coefficient (Wildman–Crippen LogP) is 5.05. The van der Waals surface area contributed by atoms with Gasteiger partial charge in [-0.3, -0.25) is 4.79 Å². The number of fused-ring (bicyclic) bond motifs is 1. The van der Waals surface area contributed by atoms with Gasteiger partial charge in [-0.25, -0.2) is 14.4 Å². The van der Waals surface area contributed by atoms with E-state index in [4.69, 9.17) is 0 Å². The summed E-state index contributed by atoms with van der Waals surface area (Å²) in [4.78, 5) is 20.4. The molecule has 0 fully saturated rings. The molecule has 4 rings (SSSR count). The Morgan fingerprint density at radius 1 is 1.28 bits per heavy atom. The van der Waals surface area contributed by atoms with Crippen molar-refractivity contribution in [2.24, 2.45) is 5.92 Å². The molecule has 0 aliphatic heterocycles. The van der Waals surface area contributed by atoms with Crippen LogP contribution in [0.5, 0.6) is 0 Å². The quantitative estimate of drug-likeness (QED) is 0.640. The summed E-state index contributed by atoms with van der Waals surface area (Å²) in [5, 5.41) is 3.77. The summed E-state index contributed by atoms with van der Waals surface area (Å²) < 4.78 is 13.8. The predicted molar refractivity (Wildman–Crippen MR) is 113 cm³/mol. The standard InChI is InChI=1S/C24H20FN3O/c1-3-23(29)28-22-12-17(8-7-15(22)2)21-11-18(16-5-4-6-20(25)10-16)9-19-13-26-14-27-24(19)21/h3-6,8-15H,1,7H2,2H3,(H,28,29). The molecule has 4 nitrogen and oxygen atoms in total. The largest absolute Gasteiger partial charge is 0.326 e.